The number of benzene rings is 1. The number of hydrogen-bond acceptors (Lipinski definition) is 2. The maximum absolute atomic E-state index is 11.3. The van der Waals surface area contributed by atoms with Crippen LogP contribution in [0.25, 0.3) is 0 Å². The number of anilines is 1. The molecule has 1 amide bonds. The van der Waals surface area contributed by atoms with Gasteiger partial charge in [-0.3, -0.25) is 4.79 Å². The van der Waals surface area contributed by atoms with Gasteiger partial charge in [0.2, 0.25) is 5.91 Å². The molecule has 0 bridgehead atoms. The van der Waals surface area contributed by atoms with E-state index in [2.05, 4.69) is 5.32 Å². The standard InChI is InChI=1S/C11H12ClNO3/c1-2-3-10(14)13-7-4-5-8(11(15)16)9(12)6-7/h4-6H,2-3H2,1H3,(H,13,14)(H,15,16). The van der Waals surface area contributed by atoms with Gasteiger partial charge in [0.05, 0.1) is 10.6 Å². The molecule has 4 nitrogen and oxygen atoms in total. The Kier molecular flexibility index (Phi) is 4.31. The van der Waals surface area contributed by atoms with Gasteiger partial charge in [-0.15, -0.1) is 0 Å². The quantitative estimate of drug-likeness (QED) is 0.852. The van der Waals surface area contributed by atoms with Crippen LogP contribution in [0, 0.1) is 0 Å². The van der Waals surface area contributed by atoms with E-state index in [9.17, 15) is 9.59 Å². The van der Waals surface area contributed by atoms with Gasteiger partial charge < -0.3 is 10.4 Å². The highest BCUT2D eigenvalue weighted by Gasteiger charge is 2.09. The molecule has 0 atom stereocenters. The van der Waals surface area contributed by atoms with Gasteiger partial charge >= 0.3 is 5.97 Å². The van der Waals surface area contributed by atoms with E-state index in [4.69, 9.17) is 16.7 Å². The van der Waals surface area contributed by atoms with Crippen LogP contribution in [0.3, 0.4) is 0 Å². The first-order chi connectivity index (χ1) is 7.54. The summed E-state index contributed by atoms with van der Waals surface area (Å²) in [4.78, 5) is 22.0. The second-order valence-electron chi connectivity index (χ2n) is 3.30. The van der Waals surface area contributed by atoms with Crippen molar-refractivity contribution in [1.29, 1.82) is 0 Å². The van der Waals surface area contributed by atoms with Gasteiger partial charge in [0.25, 0.3) is 0 Å². The van der Waals surface area contributed by atoms with E-state index in [0.29, 0.717) is 12.1 Å². The highest BCUT2D eigenvalue weighted by molar-refractivity contribution is 6.33. The van der Waals surface area contributed by atoms with E-state index in [1.54, 1.807) is 0 Å². The molecule has 16 heavy (non-hydrogen) atoms. The largest absolute Gasteiger partial charge is 0.478 e. The first kappa shape index (κ1) is 12.5. The van der Waals surface area contributed by atoms with Crippen molar-refractivity contribution in [3.05, 3.63) is 28.8 Å². The lowest BCUT2D eigenvalue weighted by Gasteiger charge is -2.06. The zero-order valence-electron chi connectivity index (χ0n) is 8.79. The lowest BCUT2D eigenvalue weighted by atomic mass is 10.2. The summed E-state index contributed by atoms with van der Waals surface area (Å²) in [6.45, 7) is 1.90. The number of aromatic carboxylic acids is 1. The molecule has 0 saturated heterocycles. The second kappa shape index (κ2) is 5.51. The predicted molar refractivity (Wildman–Crippen MR) is 61.9 cm³/mol. The monoisotopic (exact) mass is 241 g/mol. The molecule has 0 aliphatic heterocycles. The Bertz CT molecular complexity index is 418. The molecule has 0 saturated carbocycles. The van der Waals surface area contributed by atoms with Crippen LogP contribution in [0.4, 0.5) is 5.69 Å². The number of carboxylic acids is 1. The van der Waals surface area contributed by atoms with Crippen LogP contribution in [0.15, 0.2) is 18.2 Å². The first-order valence-electron chi connectivity index (χ1n) is 4.87. The van der Waals surface area contributed by atoms with Crippen molar-refractivity contribution in [1.82, 2.24) is 0 Å². The molecule has 0 heterocycles. The fraction of sp³-hybridized carbons (Fsp3) is 0.273. The van der Waals surface area contributed by atoms with Crippen molar-refractivity contribution in [3.63, 3.8) is 0 Å². The number of hydrogen-bond donors (Lipinski definition) is 2. The summed E-state index contributed by atoms with van der Waals surface area (Å²) in [5.41, 5.74) is 0.531. The summed E-state index contributed by atoms with van der Waals surface area (Å²) >= 11 is 5.75. The Hall–Kier alpha value is -1.55. The summed E-state index contributed by atoms with van der Waals surface area (Å²) in [5, 5.41) is 11.5. The molecule has 86 valence electrons. The third kappa shape index (κ3) is 3.24. The Balaban J connectivity index is 2.81. The Morgan fingerprint density at radius 3 is 2.62 bits per heavy atom. The molecule has 1 aromatic rings. The van der Waals surface area contributed by atoms with Gasteiger partial charge in [0.1, 0.15) is 0 Å². The molecule has 0 unspecified atom stereocenters. The molecule has 0 aliphatic carbocycles. The molecule has 1 aromatic carbocycles. The van der Waals surface area contributed by atoms with E-state index in [1.165, 1.54) is 18.2 Å². The molecule has 5 heteroatoms. The van der Waals surface area contributed by atoms with Crippen molar-refractivity contribution in [2.45, 2.75) is 19.8 Å². The molecule has 2 N–H and O–H groups in total. The lowest BCUT2D eigenvalue weighted by Crippen LogP contribution is -2.10. The van der Waals surface area contributed by atoms with Crippen molar-refractivity contribution in [3.8, 4) is 0 Å². The molecule has 1 rings (SSSR count). The van der Waals surface area contributed by atoms with Gasteiger partial charge in [0, 0.05) is 12.1 Å². The Labute approximate surface area is 98.2 Å². The second-order valence-corrected chi connectivity index (χ2v) is 3.71. The SMILES string of the molecule is CCCC(=O)Nc1ccc(C(=O)O)c(Cl)c1. The van der Waals surface area contributed by atoms with E-state index in [1.807, 2.05) is 6.92 Å². The number of carbonyl (C=O) groups excluding carboxylic acids is 1. The highest BCUT2D eigenvalue weighted by atomic mass is 35.5. The van der Waals surface area contributed by atoms with Crippen LogP contribution < -0.4 is 5.32 Å². The minimum Gasteiger partial charge on any atom is -0.478 e. The smallest absolute Gasteiger partial charge is 0.337 e. The fourth-order valence-corrected chi connectivity index (χ4v) is 1.48. The Morgan fingerprint density at radius 1 is 1.44 bits per heavy atom. The highest BCUT2D eigenvalue weighted by Crippen LogP contribution is 2.21. The van der Waals surface area contributed by atoms with E-state index in [0.717, 1.165) is 6.42 Å². The van der Waals surface area contributed by atoms with E-state index in [-0.39, 0.29) is 16.5 Å². The maximum atomic E-state index is 11.3. The summed E-state index contributed by atoms with van der Waals surface area (Å²) < 4.78 is 0. The maximum Gasteiger partial charge on any atom is 0.337 e. The molecule has 0 fully saturated rings. The topological polar surface area (TPSA) is 66.4 Å². The average Bonchev–Trinajstić information content (AvgIpc) is 2.17. The van der Waals surface area contributed by atoms with E-state index >= 15 is 0 Å². The van der Waals surface area contributed by atoms with Crippen molar-refractivity contribution in [2.24, 2.45) is 0 Å². The third-order valence-electron chi connectivity index (χ3n) is 1.96. The predicted octanol–water partition coefficient (Wildman–Crippen LogP) is 2.78. The van der Waals surface area contributed by atoms with Crippen LogP contribution in [-0.2, 0) is 4.79 Å². The average molecular weight is 242 g/mol. The molecular weight excluding hydrogens is 230 g/mol. The minimum atomic E-state index is -1.09. The molecule has 0 aliphatic rings. The van der Waals surface area contributed by atoms with Crippen molar-refractivity contribution >= 4 is 29.2 Å². The number of nitrogens with one attached hydrogen (secondary N) is 1. The molecular formula is C11H12ClNO3. The number of carboxylic acid groups (broad SMARTS) is 1. The summed E-state index contributed by atoms with van der Waals surface area (Å²) in [5.74, 6) is -1.20. The van der Waals surface area contributed by atoms with Gasteiger partial charge in [-0.2, -0.15) is 0 Å². The molecule has 0 spiro atoms. The molecule has 0 aromatic heterocycles. The molecule has 0 radical (unpaired) electrons. The normalized spacial score (nSPS) is 9.88. The Morgan fingerprint density at radius 2 is 2.12 bits per heavy atom. The number of carbonyl (C=O) groups is 2. The summed E-state index contributed by atoms with van der Waals surface area (Å²) in [6, 6.07) is 4.31. The van der Waals surface area contributed by atoms with Crippen molar-refractivity contribution in [2.75, 3.05) is 5.32 Å². The van der Waals surface area contributed by atoms with E-state index < -0.39 is 5.97 Å². The number of amides is 1. The summed E-state index contributed by atoms with van der Waals surface area (Å²) in [7, 11) is 0. The first-order valence-corrected chi connectivity index (χ1v) is 5.25. The summed E-state index contributed by atoms with van der Waals surface area (Å²) in [6.07, 6.45) is 1.19. The zero-order chi connectivity index (χ0) is 12.1. The fourth-order valence-electron chi connectivity index (χ4n) is 1.22. The van der Waals surface area contributed by atoms with Gasteiger partial charge in [-0.1, -0.05) is 18.5 Å². The van der Waals surface area contributed by atoms with Crippen LogP contribution in [0.1, 0.15) is 30.1 Å². The minimum absolute atomic E-state index is 0.0233. The van der Waals surface area contributed by atoms with Crippen LogP contribution in [0.2, 0.25) is 5.02 Å². The van der Waals surface area contributed by atoms with Gasteiger partial charge in [-0.05, 0) is 24.6 Å². The van der Waals surface area contributed by atoms with Gasteiger partial charge in [-0.25, -0.2) is 4.79 Å². The third-order valence-corrected chi connectivity index (χ3v) is 2.27. The zero-order valence-corrected chi connectivity index (χ0v) is 9.54. The van der Waals surface area contributed by atoms with Crippen LogP contribution in [0.5, 0.6) is 0 Å². The van der Waals surface area contributed by atoms with Crippen LogP contribution in [-0.4, -0.2) is 17.0 Å². The van der Waals surface area contributed by atoms with Gasteiger partial charge in [0.15, 0.2) is 0 Å². The number of halogens is 1. The van der Waals surface area contributed by atoms with Crippen molar-refractivity contribution < 1.29 is 14.7 Å². The lowest BCUT2D eigenvalue weighted by molar-refractivity contribution is -0.116. The van der Waals surface area contributed by atoms with Crippen LogP contribution >= 0.6 is 11.6 Å². The number of rotatable bonds is 4.